The lowest BCUT2D eigenvalue weighted by Crippen LogP contribution is -2.58. The number of benzene rings is 1. The molecular weight excluding hydrogens is 396 g/mol. The molecule has 1 rings (SSSR count). The Balaban J connectivity index is 2.99. The molecule has 0 saturated carbocycles. The Morgan fingerprint density at radius 1 is 1.00 bits per heavy atom. The molecule has 0 spiro atoms. The van der Waals surface area contributed by atoms with Gasteiger partial charge < -0.3 is 37.0 Å². The number of rotatable bonds is 11. The van der Waals surface area contributed by atoms with Crippen LogP contribution in [0.5, 0.6) is 5.75 Å². The van der Waals surface area contributed by atoms with Crippen molar-refractivity contribution in [3.8, 4) is 5.75 Å². The van der Waals surface area contributed by atoms with Crippen molar-refractivity contribution >= 4 is 23.7 Å². The number of carbonyl (C=O) groups excluding carboxylic acids is 3. The molecule has 0 radical (unpaired) electrons. The quantitative estimate of drug-likeness (QED) is 0.214. The van der Waals surface area contributed by atoms with Crippen molar-refractivity contribution in [2.45, 2.75) is 38.4 Å². The van der Waals surface area contributed by atoms with Crippen molar-refractivity contribution in [1.82, 2.24) is 16.0 Å². The fourth-order valence-electron chi connectivity index (χ4n) is 2.50. The highest BCUT2D eigenvalue weighted by atomic mass is 16.4. The second-order valence-corrected chi connectivity index (χ2v) is 7.06. The summed E-state index contributed by atoms with van der Waals surface area (Å²) in [6.45, 7) is 2.12. The zero-order chi connectivity index (χ0) is 22.8. The van der Waals surface area contributed by atoms with Gasteiger partial charge >= 0.3 is 5.97 Å². The second kappa shape index (κ2) is 11.7. The van der Waals surface area contributed by atoms with Crippen LogP contribution in [0.1, 0.15) is 19.4 Å². The van der Waals surface area contributed by atoms with Gasteiger partial charge in [0.25, 0.3) is 0 Å². The predicted octanol–water partition coefficient (Wildman–Crippen LogP) is -1.92. The zero-order valence-corrected chi connectivity index (χ0v) is 16.8. The predicted molar refractivity (Wildman–Crippen MR) is 106 cm³/mol. The molecule has 0 aromatic heterocycles. The summed E-state index contributed by atoms with van der Waals surface area (Å²) < 4.78 is 0. The van der Waals surface area contributed by atoms with Crippen LogP contribution in [-0.2, 0) is 25.6 Å². The van der Waals surface area contributed by atoms with Gasteiger partial charge in [0.15, 0.2) is 0 Å². The van der Waals surface area contributed by atoms with Gasteiger partial charge in [0, 0.05) is 6.42 Å². The highest BCUT2D eigenvalue weighted by Gasteiger charge is 2.30. The van der Waals surface area contributed by atoms with Crippen molar-refractivity contribution in [2.24, 2.45) is 11.7 Å². The lowest BCUT2D eigenvalue weighted by atomic mass is 10.0. The van der Waals surface area contributed by atoms with E-state index in [9.17, 15) is 24.3 Å². The van der Waals surface area contributed by atoms with Crippen molar-refractivity contribution in [3.05, 3.63) is 29.8 Å². The molecule has 0 aliphatic carbocycles. The number of carboxylic acids is 1. The van der Waals surface area contributed by atoms with Gasteiger partial charge in [0.1, 0.15) is 30.4 Å². The van der Waals surface area contributed by atoms with Crippen LogP contribution in [0, 0.1) is 5.92 Å². The molecule has 3 atom stereocenters. The number of aliphatic hydroxyl groups excluding tert-OH is 1. The summed E-state index contributed by atoms with van der Waals surface area (Å²) in [5.41, 5.74) is 6.07. The normalized spacial score (nSPS) is 13.8. The van der Waals surface area contributed by atoms with Gasteiger partial charge in [-0.3, -0.25) is 19.2 Å². The van der Waals surface area contributed by atoms with Gasteiger partial charge in [-0.2, -0.15) is 0 Å². The van der Waals surface area contributed by atoms with Gasteiger partial charge in [0.2, 0.25) is 17.7 Å². The first-order valence-electron chi connectivity index (χ1n) is 9.29. The van der Waals surface area contributed by atoms with Crippen molar-refractivity contribution in [2.75, 3.05) is 13.2 Å². The molecule has 0 fully saturated rings. The lowest BCUT2D eigenvalue weighted by Gasteiger charge is -2.26. The molecule has 3 amide bonds. The number of carboxylic acid groups (broad SMARTS) is 1. The summed E-state index contributed by atoms with van der Waals surface area (Å²) >= 11 is 0. The summed E-state index contributed by atoms with van der Waals surface area (Å²) in [6.07, 6.45) is 0.0202. The van der Waals surface area contributed by atoms with Crippen LogP contribution < -0.4 is 21.7 Å². The van der Waals surface area contributed by atoms with E-state index in [1.807, 2.05) is 0 Å². The highest BCUT2D eigenvalue weighted by molar-refractivity contribution is 5.94. The molecule has 0 bridgehead atoms. The van der Waals surface area contributed by atoms with E-state index in [0.29, 0.717) is 5.56 Å². The van der Waals surface area contributed by atoms with Crippen LogP contribution in [0.25, 0.3) is 0 Å². The van der Waals surface area contributed by atoms with Gasteiger partial charge in [-0.25, -0.2) is 0 Å². The average molecular weight is 424 g/mol. The zero-order valence-electron chi connectivity index (χ0n) is 16.8. The molecule has 1 aromatic carbocycles. The number of aliphatic hydroxyl groups is 1. The Hall–Kier alpha value is -3.18. The first kappa shape index (κ1) is 24.9. The van der Waals surface area contributed by atoms with E-state index in [0.717, 1.165) is 0 Å². The minimum Gasteiger partial charge on any atom is -0.508 e. The van der Waals surface area contributed by atoms with Crippen LogP contribution in [0.3, 0.4) is 0 Å². The number of phenols is 1. The topological polar surface area (TPSA) is 191 Å². The molecule has 0 aliphatic heterocycles. The third-order valence-corrected chi connectivity index (χ3v) is 4.20. The van der Waals surface area contributed by atoms with Crippen molar-refractivity contribution in [1.29, 1.82) is 0 Å². The van der Waals surface area contributed by atoms with Crippen LogP contribution in [0.2, 0.25) is 0 Å². The van der Waals surface area contributed by atoms with E-state index in [1.54, 1.807) is 26.0 Å². The molecular formula is C19H28N4O7. The molecule has 166 valence electrons. The minimum atomic E-state index is -1.25. The van der Waals surface area contributed by atoms with E-state index in [4.69, 9.17) is 15.9 Å². The van der Waals surface area contributed by atoms with Crippen molar-refractivity contribution in [3.63, 3.8) is 0 Å². The molecule has 0 heterocycles. The summed E-state index contributed by atoms with van der Waals surface area (Å²) in [6, 6.07) is 2.57. The smallest absolute Gasteiger partial charge is 0.322 e. The number of nitrogens with one attached hydrogen (secondary N) is 3. The van der Waals surface area contributed by atoms with E-state index in [1.165, 1.54) is 12.1 Å². The SMILES string of the molecule is CC(C)C(NC(=O)C(N)CO)C(=O)NC(Cc1ccc(O)cc1)C(=O)NCC(=O)O. The van der Waals surface area contributed by atoms with Gasteiger partial charge in [-0.1, -0.05) is 26.0 Å². The average Bonchev–Trinajstić information content (AvgIpc) is 2.69. The summed E-state index contributed by atoms with van der Waals surface area (Å²) in [5.74, 6) is -3.70. The number of hydrogen-bond acceptors (Lipinski definition) is 7. The molecule has 8 N–H and O–H groups in total. The number of nitrogens with two attached hydrogens (primary N) is 1. The molecule has 0 saturated heterocycles. The number of carbonyl (C=O) groups is 4. The van der Waals surface area contributed by atoms with E-state index >= 15 is 0 Å². The maximum atomic E-state index is 12.8. The van der Waals surface area contributed by atoms with Crippen LogP contribution in [-0.4, -0.2) is 70.3 Å². The molecule has 1 aromatic rings. The summed E-state index contributed by atoms with van der Waals surface area (Å²) in [4.78, 5) is 47.9. The fourth-order valence-corrected chi connectivity index (χ4v) is 2.50. The minimum absolute atomic E-state index is 0.0202. The number of amides is 3. The molecule has 3 unspecified atom stereocenters. The maximum Gasteiger partial charge on any atom is 0.322 e. The number of phenolic OH excluding ortho intramolecular Hbond substituents is 1. The lowest BCUT2D eigenvalue weighted by molar-refractivity contribution is -0.138. The van der Waals surface area contributed by atoms with Gasteiger partial charge in [0.05, 0.1) is 6.61 Å². The summed E-state index contributed by atoms with van der Waals surface area (Å²) in [5, 5.41) is 34.3. The van der Waals surface area contributed by atoms with Crippen LogP contribution >= 0.6 is 0 Å². The van der Waals surface area contributed by atoms with Gasteiger partial charge in [-0.05, 0) is 23.6 Å². The van der Waals surface area contributed by atoms with Crippen LogP contribution in [0.15, 0.2) is 24.3 Å². The third-order valence-electron chi connectivity index (χ3n) is 4.20. The Bertz CT molecular complexity index is 752. The molecule has 0 aliphatic rings. The monoisotopic (exact) mass is 424 g/mol. The Morgan fingerprint density at radius 3 is 2.10 bits per heavy atom. The maximum absolute atomic E-state index is 12.8. The van der Waals surface area contributed by atoms with Crippen LogP contribution in [0.4, 0.5) is 0 Å². The molecule has 11 heteroatoms. The molecule has 11 nitrogen and oxygen atoms in total. The fraction of sp³-hybridized carbons (Fsp3) is 0.474. The van der Waals surface area contributed by atoms with E-state index < -0.39 is 55.0 Å². The standard InChI is InChI=1S/C19H28N4O7/c1-10(2)16(23-17(28)13(20)9-24)19(30)22-14(18(29)21-8-15(26)27)7-11-3-5-12(25)6-4-11/h3-6,10,13-14,16,24-25H,7-9,20H2,1-2H3,(H,21,29)(H,22,30)(H,23,28)(H,26,27). The first-order valence-corrected chi connectivity index (χ1v) is 9.29. The highest BCUT2D eigenvalue weighted by Crippen LogP contribution is 2.12. The number of hydrogen-bond donors (Lipinski definition) is 7. The second-order valence-electron chi connectivity index (χ2n) is 7.06. The largest absolute Gasteiger partial charge is 0.508 e. The summed E-state index contributed by atoms with van der Waals surface area (Å²) in [7, 11) is 0. The third kappa shape index (κ3) is 8.05. The number of aliphatic carboxylic acids is 1. The van der Waals surface area contributed by atoms with E-state index in [-0.39, 0.29) is 18.1 Å². The number of aromatic hydroxyl groups is 1. The Morgan fingerprint density at radius 2 is 1.60 bits per heavy atom. The Labute approximate surface area is 173 Å². The van der Waals surface area contributed by atoms with Gasteiger partial charge in [-0.15, -0.1) is 0 Å². The first-order chi connectivity index (χ1) is 14.0. The van der Waals surface area contributed by atoms with Crippen molar-refractivity contribution < 1.29 is 34.5 Å². The Kier molecular flexibility index (Phi) is 9.72. The molecule has 30 heavy (non-hydrogen) atoms. The van der Waals surface area contributed by atoms with E-state index in [2.05, 4.69) is 16.0 Å².